The summed E-state index contributed by atoms with van der Waals surface area (Å²) < 4.78 is 0. The van der Waals surface area contributed by atoms with Crippen molar-refractivity contribution >= 4 is 34.4 Å². The van der Waals surface area contributed by atoms with Gasteiger partial charge in [0.15, 0.2) is 0 Å². The van der Waals surface area contributed by atoms with Crippen LogP contribution in [0, 0.1) is 0 Å². The number of carbonyl (C=O) groups is 1. The molecular formula is C30H32ClN5O. The van der Waals surface area contributed by atoms with Crippen LogP contribution in [0.1, 0.15) is 36.3 Å². The lowest BCUT2D eigenvalue weighted by atomic mass is 9.88. The number of nitrogens with one attached hydrogen (secondary N) is 1. The number of rotatable bonds is 9. The zero-order valence-corrected chi connectivity index (χ0v) is 21.6. The van der Waals surface area contributed by atoms with E-state index in [1.165, 1.54) is 5.56 Å². The van der Waals surface area contributed by atoms with Crippen LogP contribution in [0.2, 0.25) is 5.02 Å². The van der Waals surface area contributed by atoms with Crippen molar-refractivity contribution in [2.75, 3.05) is 31.5 Å². The molecule has 0 radical (unpaired) electrons. The largest absolute Gasteiger partial charge is 0.369 e. The fourth-order valence-corrected chi connectivity index (χ4v) is 5.26. The Balaban J connectivity index is 1.14. The highest BCUT2D eigenvalue weighted by atomic mass is 35.5. The Morgan fingerprint density at radius 3 is 2.57 bits per heavy atom. The zero-order valence-electron chi connectivity index (χ0n) is 20.9. The number of nitrogens with two attached hydrogens (primary N) is 1. The molecule has 0 saturated carbocycles. The number of halogens is 1. The van der Waals surface area contributed by atoms with Gasteiger partial charge in [-0.25, -0.2) is 9.97 Å². The van der Waals surface area contributed by atoms with Crippen molar-refractivity contribution in [2.24, 2.45) is 5.73 Å². The molecule has 6 nitrogen and oxygen atoms in total. The van der Waals surface area contributed by atoms with Crippen LogP contribution in [0.4, 0.5) is 5.95 Å². The molecule has 1 saturated heterocycles. The molecule has 1 aromatic heterocycles. The monoisotopic (exact) mass is 513 g/mol. The summed E-state index contributed by atoms with van der Waals surface area (Å²) in [4.78, 5) is 23.4. The molecule has 37 heavy (non-hydrogen) atoms. The van der Waals surface area contributed by atoms with Crippen molar-refractivity contribution in [1.29, 1.82) is 0 Å². The van der Waals surface area contributed by atoms with Crippen molar-refractivity contribution in [1.82, 2.24) is 14.9 Å². The fourth-order valence-electron chi connectivity index (χ4n) is 5.13. The quantitative estimate of drug-likeness (QED) is 0.282. The van der Waals surface area contributed by atoms with Crippen LogP contribution < -0.4 is 11.1 Å². The van der Waals surface area contributed by atoms with Crippen LogP contribution in [0.15, 0.2) is 72.8 Å². The van der Waals surface area contributed by atoms with E-state index < -0.39 is 0 Å². The molecule has 0 aliphatic carbocycles. The van der Waals surface area contributed by atoms with Gasteiger partial charge in [0.05, 0.1) is 17.6 Å². The van der Waals surface area contributed by atoms with E-state index >= 15 is 0 Å². The van der Waals surface area contributed by atoms with E-state index in [9.17, 15) is 4.79 Å². The number of piperidine rings is 1. The Kier molecular flexibility index (Phi) is 7.97. The normalized spacial score (nSPS) is 14.6. The van der Waals surface area contributed by atoms with Crippen LogP contribution >= 0.6 is 11.6 Å². The van der Waals surface area contributed by atoms with Gasteiger partial charge in [-0.1, -0.05) is 66.2 Å². The summed E-state index contributed by atoms with van der Waals surface area (Å²) >= 11 is 6.09. The number of aromatic nitrogens is 2. The molecule has 1 amide bonds. The lowest BCUT2D eigenvalue weighted by Gasteiger charge is -2.32. The highest BCUT2D eigenvalue weighted by molar-refractivity contribution is 6.30. The van der Waals surface area contributed by atoms with Crippen LogP contribution in [0.5, 0.6) is 0 Å². The summed E-state index contributed by atoms with van der Waals surface area (Å²) in [7, 11) is 0. The highest BCUT2D eigenvalue weighted by Crippen LogP contribution is 2.30. The fraction of sp³-hybridized carbons (Fsp3) is 0.300. The number of likely N-dealkylation sites (tertiary alicyclic amines) is 1. The van der Waals surface area contributed by atoms with Crippen LogP contribution in [-0.4, -0.2) is 47.0 Å². The molecule has 0 spiro atoms. The Morgan fingerprint density at radius 1 is 1.00 bits per heavy atom. The molecule has 0 atom stereocenters. The second kappa shape index (κ2) is 11.7. The summed E-state index contributed by atoms with van der Waals surface area (Å²) in [6.45, 7) is 4.02. The smallest absolute Gasteiger partial charge is 0.223 e. The van der Waals surface area contributed by atoms with Crippen LogP contribution in [0.25, 0.3) is 22.2 Å². The Bertz CT molecular complexity index is 1370. The number of hydrogen-bond acceptors (Lipinski definition) is 5. The SMILES string of the molecule is NC(=O)Cc1cccc(C2CCN(CCCNc3nc(-c4ccc(Cl)cc4)c4ccccc4n3)CC2)c1. The number of fused-ring (bicyclic) bond motifs is 1. The van der Waals surface area contributed by atoms with Crippen molar-refractivity contribution in [3.05, 3.63) is 88.9 Å². The molecule has 3 N–H and O–H groups in total. The molecular weight excluding hydrogens is 482 g/mol. The summed E-state index contributed by atoms with van der Waals surface area (Å²) in [6.07, 6.45) is 3.59. The van der Waals surface area contributed by atoms with E-state index in [4.69, 9.17) is 27.3 Å². The van der Waals surface area contributed by atoms with Crippen LogP contribution in [0.3, 0.4) is 0 Å². The minimum atomic E-state index is -0.282. The van der Waals surface area contributed by atoms with Gasteiger partial charge in [-0.15, -0.1) is 0 Å². The molecule has 1 aliphatic heterocycles. The lowest BCUT2D eigenvalue weighted by Crippen LogP contribution is -2.34. The number of benzene rings is 3. The van der Waals surface area contributed by atoms with E-state index in [1.807, 2.05) is 54.6 Å². The molecule has 190 valence electrons. The van der Waals surface area contributed by atoms with Gasteiger partial charge in [0.2, 0.25) is 11.9 Å². The van der Waals surface area contributed by atoms with E-state index in [2.05, 4.69) is 28.4 Å². The van der Waals surface area contributed by atoms with Gasteiger partial charge in [-0.2, -0.15) is 0 Å². The molecule has 7 heteroatoms. The third-order valence-electron chi connectivity index (χ3n) is 7.04. The first-order valence-electron chi connectivity index (χ1n) is 12.9. The predicted molar refractivity (Wildman–Crippen MR) is 151 cm³/mol. The summed E-state index contributed by atoms with van der Waals surface area (Å²) in [5, 5.41) is 5.18. The zero-order chi connectivity index (χ0) is 25.6. The third kappa shape index (κ3) is 6.45. The topological polar surface area (TPSA) is 84.1 Å². The molecule has 2 heterocycles. The minimum absolute atomic E-state index is 0.282. The molecule has 0 bridgehead atoms. The van der Waals surface area contributed by atoms with Crippen molar-refractivity contribution in [3.8, 4) is 11.3 Å². The predicted octanol–water partition coefficient (Wildman–Crippen LogP) is 5.66. The molecule has 1 fully saturated rings. The number of nitrogens with zero attached hydrogens (tertiary/aromatic N) is 3. The van der Waals surface area contributed by atoms with Crippen LogP contribution in [-0.2, 0) is 11.2 Å². The van der Waals surface area contributed by atoms with Gasteiger partial charge in [-0.3, -0.25) is 4.79 Å². The number of hydrogen-bond donors (Lipinski definition) is 2. The molecule has 4 aromatic rings. The highest BCUT2D eigenvalue weighted by Gasteiger charge is 2.20. The summed E-state index contributed by atoms with van der Waals surface area (Å²) in [6, 6.07) is 24.2. The number of anilines is 1. The second-order valence-corrected chi connectivity index (χ2v) is 10.1. The van der Waals surface area contributed by atoms with Crippen molar-refractivity contribution < 1.29 is 4.79 Å². The Labute approximate surface area is 222 Å². The van der Waals surface area contributed by atoms with E-state index in [-0.39, 0.29) is 5.91 Å². The van der Waals surface area contributed by atoms with Crippen molar-refractivity contribution in [2.45, 2.75) is 31.6 Å². The van der Waals surface area contributed by atoms with E-state index in [0.29, 0.717) is 23.3 Å². The molecule has 1 aliphatic rings. The standard InChI is InChI=1S/C30H32ClN5O/c31-25-11-9-23(10-12-25)29-26-7-1-2-8-27(26)34-30(35-29)33-15-4-16-36-17-13-22(14-18-36)24-6-3-5-21(19-24)20-28(32)37/h1-3,5-12,19,22H,4,13-18,20H2,(H2,32,37)(H,33,34,35). The third-order valence-corrected chi connectivity index (χ3v) is 7.30. The summed E-state index contributed by atoms with van der Waals surface area (Å²) in [5.41, 5.74) is 10.6. The van der Waals surface area contributed by atoms with Gasteiger partial charge in [0.1, 0.15) is 0 Å². The van der Waals surface area contributed by atoms with Gasteiger partial charge in [0.25, 0.3) is 0 Å². The first kappa shape index (κ1) is 25.2. The lowest BCUT2D eigenvalue weighted by molar-refractivity contribution is -0.117. The van der Waals surface area contributed by atoms with Gasteiger partial charge >= 0.3 is 0 Å². The van der Waals surface area contributed by atoms with Gasteiger partial charge in [0, 0.05) is 22.5 Å². The summed E-state index contributed by atoms with van der Waals surface area (Å²) in [5.74, 6) is 0.911. The van der Waals surface area contributed by atoms with Gasteiger partial charge in [-0.05, 0) is 74.1 Å². The number of carbonyl (C=O) groups excluding carboxylic acids is 1. The first-order valence-corrected chi connectivity index (χ1v) is 13.3. The molecule has 0 unspecified atom stereocenters. The molecule has 5 rings (SSSR count). The number of amides is 1. The Morgan fingerprint density at radius 2 is 1.78 bits per heavy atom. The maximum atomic E-state index is 11.3. The minimum Gasteiger partial charge on any atom is -0.369 e. The Hall–Kier alpha value is -3.48. The maximum absolute atomic E-state index is 11.3. The maximum Gasteiger partial charge on any atom is 0.223 e. The first-order chi connectivity index (χ1) is 18.0. The molecule has 3 aromatic carbocycles. The second-order valence-electron chi connectivity index (χ2n) is 9.70. The average molecular weight is 514 g/mol. The van der Waals surface area contributed by atoms with E-state index in [1.54, 1.807) is 0 Å². The number of para-hydroxylation sites is 1. The average Bonchev–Trinajstić information content (AvgIpc) is 2.91. The van der Waals surface area contributed by atoms with Gasteiger partial charge < -0.3 is 16.0 Å². The van der Waals surface area contributed by atoms with Crippen molar-refractivity contribution in [3.63, 3.8) is 0 Å². The van der Waals surface area contributed by atoms with E-state index in [0.717, 1.165) is 73.2 Å². The number of primary amides is 1.